The predicted octanol–water partition coefficient (Wildman–Crippen LogP) is 4.54. The standard InChI is InChI=1S/C22H25F3N6O/c1-14-10-16(12-26-11-14)27-21(32)31-19-5-3-9-30(19)17-6-7-18(28-20(17)31)29-8-2-4-15(13-29)22(23,24)25/h6-7,10-12,15,19H,2-5,8-9,13H2,1H3,(H,27,32). The number of nitrogens with zero attached hydrogens (tertiary/aromatic N) is 5. The third-order valence-corrected chi connectivity index (χ3v) is 6.45. The highest BCUT2D eigenvalue weighted by Gasteiger charge is 2.45. The molecule has 32 heavy (non-hydrogen) atoms. The van der Waals surface area contributed by atoms with Crippen molar-refractivity contribution in [3.05, 3.63) is 36.2 Å². The van der Waals surface area contributed by atoms with Gasteiger partial charge in [0.2, 0.25) is 0 Å². The van der Waals surface area contributed by atoms with Crippen LogP contribution < -0.4 is 20.0 Å². The number of anilines is 4. The number of aryl methyl sites for hydroxylation is 1. The summed E-state index contributed by atoms with van der Waals surface area (Å²) in [5, 5.41) is 2.90. The molecule has 0 saturated carbocycles. The number of alkyl halides is 3. The maximum absolute atomic E-state index is 13.3. The van der Waals surface area contributed by atoms with Crippen molar-refractivity contribution in [2.75, 3.05) is 39.7 Å². The van der Waals surface area contributed by atoms with Crippen molar-refractivity contribution >= 4 is 29.0 Å². The number of fused-ring (bicyclic) bond motifs is 3. The van der Waals surface area contributed by atoms with Crippen molar-refractivity contribution in [1.29, 1.82) is 0 Å². The molecule has 10 heteroatoms. The van der Waals surface area contributed by atoms with Gasteiger partial charge in [0.25, 0.3) is 0 Å². The van der Waals surface area contributed by atoms with Crippen LogP contribution >= 0.6 is 0 Å². The summed E-state index contributed by atoms with van der Waals surface area (Å²) in [5.41, 5.74) is 2.36. The normalized spacial score (nSPS) is 22.7. The van der Waals surface area contributed by atoms with Gasteiger partial charge in [-0.15, -0.1) is 0 Å². The molecule has 1 N–H and O–H groups in total. The molecule has 2 unspecified atom stereocenters. The Labute approximate surface area is 184 Å². The number of nitrogens with one attached hydrogen (secondary N) is 1. The first kappa shape index (κ1) is 20.8. The minimum atomic E-state index is -4.22. The van der Waals surface area contributed by atoms with Gasteiger partial charge in [0.05, 0.1) is 23.5 Å². The number of amides is 2. The maximum atomic E-state index is 13.3. The SMILES string of the molecule is Cc1cncc(NC(=O)N2c3nc(N4CCCC(C(F)(F)F)C4)ccc3N3CCCC32)c1. The molecule has 0 aliphatic carbocycles. The summed E-state index contributed by atoms with van der Waals surface area (Å²) in [7, 11) is 0. The van der Waals surface area contributed by atoms with Gasteiger partial charge in [-0.3, -0.25) is 9.88 Å². The van der Waals surface area contributed by atoms with Crippen LogP contribution in [-0.4, -0.2) is 48.0 Å². The Bertz CT molecular complexity index is 1030. The molecule has 2 aromatic rings. The van der Waals surface area contributed by atoms with E-state index in [1.54, 1.807) is 28.3 Å². The summed E-state index contributed by atoms with van der Waals surface area (Å²) in [6.07, 6.45) is 1.30. The first-order valence-electron chi connectivity index (χ1n) is 10.9. The molecule has 5 heterocycles. The molecular formula is C22H25F3N6O. The molecule has 2 aromatic heterocycles. The Morgan fingerprint density at radius 1 is 1.16 bits per heavy atom. The summed E-state index contributed by atoms with van der Waals surface area (Å²) >= 11 is 0. The van der Waals surface area contributed by atoms with Crippen LogP contribution in [0.2, 0.25) is 0 Å². The highest BCUT2D eigenvalue weighted by atomic mass is 19.4. The van der Waals surface area contributed by atoms with Crippen molar-refractivity contribution < 1.29 is 18.0 Å². The van der Waals surface area contributed by atoms with Crippen molar-refractivity contribution in [3.63, 3.8) is 0 Å². The quantitative estimate of drug-likeness (QED) is 0.734. The van der Waals surface area contributed by atoms with E-state index in [9.17, 15) is 18.0 Å². The lowest BCUT2D eigenvalue weighted by molar-refractivity contribution is -0.176. The second-order valence-electron chi connectivity index (χ2n) is 8.71. The van der Waals surface area contributed by atoms with Gasteiger partial charge in [0.1, 0.15) is 12.0 Å². The van der Waals surface area contributed by atoms with E-state index >= 15 is 0 Å². The maximum Gasteiger partial charge on any atom is 0.393 e. The van der Waals surface area contributed by atoms with Crippen LogP contribution in [0.4, 0.5) is 41.0 Å². The van der Waals surface area contributed by atoms with Crippen molar-refractivity contribution in [3.8, 4) is 0 Å². The topological polar surface area (TPSA) is 64.6 Å². The summed E-state index contributed by atoms with van der Waals surface area (Å²) in [4.78, 5) is 27.6. The molecule has 0 bridgehead atoms. The fraction of sp³-hybridized carbons (Fsp3) is 0.500. The van der Waals surface area contributed by atoms with E-state index in [-0.39, 0.29) is 25.2 Å². The third kappa shape index (κ3) is 3.71. The molecule has 2 amide bonds. The summed E-state index contributed by atoms with van der Waals surface area (Å²) in [6.45, 7) is 3.12. The second kappa shape index (κ2) is 7.83. The Morgan fingerprint density at radius 2 is 1.97 bits per heavy atom. The Balaban J connectivity index is 1.44. The van der Waals surface area contributed by atoms with Gasteiger partial charge in [-0.25, -0.2) is 9.78 Å². The highest BCUT2D eigenvalue weighted by Crippen LogP contribution is 2.44. The Morgan fingerprint density at radius 3 is 2.75 bits per heavy atom. The molecule has 3 aliphatic rings. The lowest BCUT2D eigenvalue weighted by atomic mass is 9.97. The Hall–Kier alpha value is -3.04. The molecule has 3 aliphatic heterocycles. The predicted molar refractivity (Wildman–Crippen MR) is 116 cm³/mol. The van der Waals surface area contributed by atoms with Crippen LogP contribution in [0.15, 0.2) is 30.6 Å². The van der Waals surface area contributed by atoms with Crippen LogP contribution in [0.25, 0.3) is 0 Å². The summed E-state index contributed by atoms with van der Waals surface area (Å²) < 4.78 is 39.9. The second-order valence-corrected chi connectivity index (χ2v) is 8.71. The van der Waals surface area contributed by atoms with Crippen molar-refractivity contribution in [2.45, 2.75) is 44.9 Å². The molecule has 2 atom stereocenters. The van der Waals surface area contributed by atoms with Crippen LogP contribution in [0.5, 0.6) is 0 Å². The lowest BCUT2D eigenvalue weighted by Gasteiger charge is -2.34. The van der Waals surface area contributed by atoms with Crippen LogP contribution in [-0.2, 0) is 0 Å². The number of aromatic nitrogens is 2. The van der Waals surface area contributed by atoms with E-state index in [4.69, 9.17) is 4.98 Å². The van der Waals surface area contributed by atoms with Gasteiger partial charge in [-0.1, -0.05) is 0 Å². The van der Waals surface area contributed by atoms with Gasteiger partial charge in [0.15, 0.2) is 5.82 Å². The smallest absolute Gasteiger partial charge is 0.356 e. The minimum absolute atomic E-state index is 0.108. The molecule has 7 nitrogen and oxygen atoms in total. The van der Waals surface area contributed by atoms with Gasteiger partial charge in [0, 0.05) is 25.8 Å². The molecule has 0 aromatic carbocycles. The zero-order valence-electron chi connectivity index (χ0n) is 17.8. The van der Waals surface area contributed by atoms with Gasteiger partial charge < -0.3 is 15.1 Å². The number of pyridine rings is 2. The monoisotopic (exact) mass is 446 g/mol. The van der Waals surface area contributed by atoms with E-state index < -0.39 is 12.1 Å². The molecular weight excluding hydrogens is 421 g/mol. The first-order chi connectivity index (χ1) is 15.3. The van der Waals surface area contributed by atoms with E-state index in [1.807, 2.05) is 19.1 Å². The van der Waals surface area contributed by atoms with E-state index in [0.717, 1.165) is 30.6 Å². The van der Waals surface area contributed by atoms with E-state index in [1.165, 1.54) is 0 Å². The largest absolute Gasteiger partial charge is 0.393 e. The summed E-state index contributed by atoms with van der Waals surface area (Å²) in [5.74, 6) is -0.379. The zero-order chi connectivity index (χ0) is 22.5. The van der Waals surface area contributed by atoms with Crippen LogP contribution in [0.3, 0.4) is 0 Å². The van der Waals surface area contributed by atoms with Gasteiger partial charge >= 0.3 is 12.2 Å². The molecule has 0 radical (unpaired) electrons. The lowest BCUT2D eigenvalue weighted by Crippen LogP contribution is -2.45. The summed E-state index contributed by atoms with van der Waals surface area (Å²) in [6, 6.07) is 5.18. The molecule has 2 fully saturated rings. The fourth-order valence-electron chi connectivity index (χ4n) is 4.94. The molecule has 5 rings (SSSR count). The number of urea groups is 1. The Kier molecular flexibility index (Phi) is 5.10. The van der Waals surface area contributed by atoms with Crippen molar-refractivity contribution in [2.24, 2.45) is 5.92 Å². The highest BCUT2D eigenvalue weighted by molar-refractivity contribution is 6.06. The average Bonchev–Trinajstić information content (AvgIpc) is 3.33. The van der Waals surface area contributed by atoms with Crippen molar-refractivity contribution in [1.82, 2.24) is 9.97 Å². The minimum Gasteiger partial charge on any atom is -0.356 e. The van der Waals surface area contributed by atoms with E-state index in [0.29, 0.717) is 30.3 Å². The zero-order valence-corrected chi connectivity index (χ0v) is 17.8. The van der Waals surface area contributed by atoms with Crippen LogP contribution in [0, 0.1) is 12.8 Å². The number of hydrogen-bond donors (Lipinski definition) is 1. The van der Waals surface area contributed by atoms with Gasteiger partial charge in [-0.2, -0.15) is 13.2 Å². The number of hydrogen-bond acceptors (Lipinski definition) is 5. The fourth-order valence-corrected chi connectivity index (χ4v) is 4.94. The third-order valence-electron chi connectivity index (χ3n) is 6.45. The van der Waals surface area contributed by atoms with E-state index in [2.05, 4.69) is 15.2 Å². The first-order valence-corrected chi connectivity index (χ1v) is 10.9. The molecule has 170 valence electrons. The van der Waals surface area contributed by atoms with Gasteiger partial charge in [-0.05, 0) is 56.4 Å². The van der Waals surface area contributed by atoms with Crippen LogP contribution in [0.1, 0.15) is 31.2 Å². The molecule has 0 spiro atoms. The molecule has 2 saturated heterocycles. The number of carbonyl (C=O) groups excluding carboxylic acids is 1. The number of halogens is 3. The average molecular weight is 446 g/mol. The number of carbonyl (C=O) groups is 1. The number of rotatable bonds is 2. The number of piperidine rings is 1.